The van der Waals surface area contributed by atoms with E-state index >= 15 is 0 Å². The van der Waals surface area contributed by atoms with Crippen LogP contribution in [0.2, 0.25) is 0 Å². The predicted octanol–water partition coefficient (Wildman–Crippen LogP) is 2.73. The van der Waals surface area contributed by atoms with Crippen LogP contribution in [0.4, 0.5) is 17.6 Å². The summed E-state index contributed by atoms with van der Waals surface area (Å²) in [5.74, 6) is -0.581. The van der Waals surface area contributed by atoms with E-state index in [1.54, 1.807) is 0 Å². The van der Waals surface area contributed by atoms with Gasteiger partial charge in [0.15, 0.2) is 0 Å². The zero-order valence-electron chi connectivity index (χ0n) is 7.68. The van der Waals surface area contributed by atoms with Gasteiger partial charge in [0.1, 0.15) is 5.82 Å². The maximum atomic E-state index is 12.7. The topological polar surface area (TPSA) is 26.0 Å². The van der Waals surface area contributed by atoms with Crippen molar-refractivity contribution in [3.8, 4) is 0 Å². The number of hydrogen-bond donors (Lipinski definition) is 1. The molecular formula is C10H9F4N. The van der Waals surface area contributed by atoms with Crippen LogP contribution in [0.3, 0.4) is 0 Å². The summed E-state index contributed by atoms with van der Waals surface area (Å²) in [6.07, 6.45) is -3.63. The van der Waals surface area contributed by atoms with E-state index in [4.69, 9.17) is 5.73 Å². The molecule has 0 amide bonds. The average Bonchev–Trinajstić information content (AvgIpc) is 2.12. The van der Waals surface area contributed by atoms with E-state index in [9.17, 15) is 17.6 Å². The first kappa shape index (κ1) is 11.7. The molecule has 15 heavy (non-hydrogen) atoms. The molecule has 0 aliphatic carbocycles. The fourth-order valence-corrected chi connectivity index (χ4v) is 1.05. The van der Waals surface area contributed by atoms with Crippen molar-refractivity contribution in [1.82, 2.24) is 0 Å². The maximum Gasteiger partial charge on any atom is 0.413 e. The van der Waals surface area contributed by atoms with Crippen LogP contribution in [0, 0.1) is 5.82 Å². The average molecular weight is 219 g/mol. The van der Waals surface area contributed by atoms with Crippen LogP contribution < -0.4 is 5.73 Å². The lowest BCUT2D eigenvalue weighted by Gasteiger charge is -2.09. The van der Waals surface area contributed by atoms with Crippen molar-refractivity contribution >= 4 is 6.08 Å². The first-order valence-corrected chi connectivity index (χ1v) is 4.17. The summed E-state index contributed by atoms with van der Waals surface area (Å²) >= 11 is 0. The Morgan fingerprint density at radius 3 is 2.47 bits per heavy atom. The Kier molecular flexibility index (Phi) is 3.47. The Morgan fingerprint density at radius 2 is 2.00 bits per heavy atom. The second kappa shape index (κ2) is 4.44. The molecule has 0 saturated carbocycles. The molecule has 0 aromatic heterocycles. The summed E-state index contributed by atoms with van der Waals surface area (Å²) in [6, 6.07) is 4.89. The summed E-state index contributed by atoms with van der Waals surface area (Å²) < 4.78 is 49.5. The van der Waals surface area contributed by atoms with E-state index in [1.165, 1.54) is 12.1 Å². The van der Waals surface area contributed by atoms with E-state index in [0.29, 0.717) is 0 Å². The van der Waals surface area contributed by atoms with Gasteiger partial charge in [-0.2, -0.15) is 13.2 Å². The standard InChI is InChI=1S/C10H9F4N/c11-9-3-1-2-7(5-9)4-8(6-15)10(12,13)14/h1-5H,6,15H2/b8-4+. The zero-order chi connectivity index (χ0) is 11.5. The Balaban J connectivity index is 3.04. The molecular weight excluding hydrogens is 210 g/mol. The Labute approximate surface area is 84.2 Å². The van der Waals surface area contributed by atoms with Crippen LogP contribution in [0.25, 0.3) is 6.08 Å². The van der Waals surface area contributed by atoms with Crippen LogP contribution in [-0.4, -0.2) is 12.7 Å². The second-order valence-electron chi connectivity index (χ2n) is 2.93. The number of alkyl halides is 3. The Morgan fingerprint density at radius 1 is 1.33 bits per heavy atom. The number of benzene rings is 1. The molecule has 0 saturated heterocycles. The Bertz CT molecular complexity index is 368. The highest BCUT2D eigenvalue weighted by Gasteiger charge is 2.32. The van der Waals surface area contributed by atoms with E-state index in [-0.39, 0.29) is 5.56 Å². The van der Waals surface area contributed by atoms with Crippen molar-refractivity contribution in [3.05, 3.63) is 41.2 Å². The maximum absolute atomic E-state index is 12.7. The van der Waals surface area contributed by atoms with Gasteiger partial charge in [-0.15, -0.1) is 0 Å². The van der Waals surface area contributed by atoms with Gasteiger partial charge in [0, 0.05) is 12.1 Å². The highest BCUT2D eigenvalue weighted by atomic mass is 19.4. The van der Waals surface area contributed by atoms with Crippen molar-refractivity contribution in [2.45, 2.75) is 6.18 Å². The number of nitrogens with two attached hydrogens (primary N) is 1. The van der Waals surface area contributed by atoms with Crippen molar-refractivity contribution in [3.63, 3.8) is 0 Å². The molecule has 0 bridgehead atoms. The molecule has 5 heteroatoms. The van der Waals surface area contributed by atoms with Crippen LogP contribution >= 0.6 is 0 Å². The first-order chi connectivity index (χ1) is 6.93. The Hall–Kier alpha value is -1.36. The monoisotopic (exact) mass is 219 g/mol. The number of hydrogen-bond acceptors (Lipinski definition) is 1. The molecule has 82 valence electrons. The highest BCUT2D eigenvalue weighted by Crippen LogP contribution is 2.26. The molecule has 0 unspecified atom stereocenters. The molecule has 1 rings (SSSR count). The summed E-state index contributed by atoms with van der Waals surface area (Å²) in [7, 11) is 0. The molecule has 1 nitrogen and oxygen atoms in total. The minimum atomic E-state index is -4.47. The normalized spacial score (nSPS) is 13.0. The van der Waals surface area contributed by atoms with E-state index in [0.717, 1.165) is 18.2 Å². The van der Waals surface area contributed by atoms with E-state index in [1.807, 2.05) is 0 Å². The van der Waals surface area contributed by atoms with Gasteiger partial charge in [0.2, 0.25) is 0 Å². The van der Waals surface area contributed by atoms with Crippen LogP contribution in [-0.2, 0) is 0 Å². The van der Waals surface area contributed by atoms with Gasteiger partial charge in [-0.1, -0.05) is 12.1 Å². The SMILES string of the molecule is NC/C(=C\c1cccc(F)c1)C(F)(F)F. The fraction of sp³-hybridized carbons (Fsp3) is 0.200. The van der Waals surface area contributed by atoms with Crippen molar-refractivity contribution in [2.75, 3.05) is 6.54 Å². The summed E-state index contributed by atoms with van der Waals surface area (Å²) in [6.45, 7) is -0.625. The molecule has 0 radical (unpaired) electrons. The molecule has 0 aliphatic rings. The number of rotatable bonds is 2. The minimum absolute atomic E-state index is 0.146. The van der Waals surface area contributed by atoms with Gasteiger partial charge in [-0.25, -0.2) is 4.39 Å². The fourth-order valence-electron chi connectivity index (χ4n) is 1.05. The molecule has 0 fully saturated rings. The molecule has 0 spiro atoms. The molecule has 2 N–H and O–H groups in total. The quantitative estimate of drug-likeness (QED) is 0.760. The molecule has 0 atom stereocenters. The molecule has 0 aliphatic heterocycles. The van der Waals surface area contributed by atoms with Gasteiger partial charge < -0.3 is 5.73 Å². The predicted molar refractivity (Wildman–Crippen MR) is 49.5 cm³/mol. The first-order valence-electron chi connectivity index (χ1n) is 4.17. The third-order valence-corrected chi connectivity index (χ3v) is 1.77. The third-order valence-electron chi connectivity index (χ3n) is 1.77. The van der Waals surface area contributed by atoms with Crippen LogP contribution in [0.1, 0.15) is 5.56 Å². The van der Waals surface area contributed by atoms with Crippen LogP contribution in [0.5, 0.6) is 0 Å². The van der Waals surface area contributed by atoms with Crippen molar-refractivity contribution < 1.29 is 17.6 Å². The van der Waals surface area contributed by atoms with E-state index in [2.05, 4.69) is 0 Å². The lowest BCUT2D eigenvalue weighted by atomic mass is 10.1. The number of halogens is 4. The molecule has 1 aromatic rings. The van der Waals surface area contributed by atoms with Crippen molar-refractivity contribution in [2.24, 2.45) is 5.73 Å². The van der Waals surface area contributed by atoms with Gasteiger partial charge >= 0.3 is 6.18 Å². The van der Waals surface area contributed by atoms with Crippen LogP contribution in [0.15, 0.2) is 29.8 Å². The van der Waals surface area contributed by atoms with Gasteiger partial charge in [-0.05, 0) is 23.8 Å². The zero-order valence-corrected chi connectivity index (χ0v) is 7.68. The second-order valence-corrected chi connectivity index (χ2v) is 2.93. The molecule has 1 aromatic carbocycles. The van der Waals surface area contributed by atoms with Gasteiger partial charge in [0.05, 0.1) is 0 Å². The van der Waals surface area contributed by atoms with E-state index < -0.39 is 24.1 Å². The smallest absolute Gasteiger partial charge is 0.326 e. The third kappa shape index (κ3) is 3.36. The summed E-state index contributed by atoms with van der Waals surface area (Å²) in [5, 5.41) is 0. The summed E-state index contributed by atoms with van der Waals surface area (Å²) in [5.41, 5.74) is 4.23. The summed E-state index contributed by atoms with van der Waals surface area (Å²) in [4.78, 5) is 0. The van der Waals surface area contributed by atoms with Crippen molar-refractivity contribution in [1.29, 1.82) is 0 Å². The van der Waals surface area contributed by atoms with Gasteiger partial charge in [-0.3, -0.25) is 0 Å². The lowest BCUT2D eigenvalue weighted by molar-refractivity contribution is -0.0912. The largest absolute Gasteiger partial charge is 0.413 e. The molecule has 0 heterocycles. The van der Waals surface area contributed by atoms with Gasteiger partial charge in [0.25, 0.3) is 0 Å². The highest BCUT2D eigenvalue weighted by molar-refractivity contribution is 5.54. The minimum Gasteiger partial charge on any atom is -0.326 e. The lowest BCUT2D eigenvalue weighted by Crippen LogP contribution is -2.19.